The van der Waals surface area contributed by atoms with Crippen LogP contribution in [0, 0.1) is 13.8 Å². The van der Waals surface area contributed by atoms with E-state index in [0.717, 1.165) is 18.0 Å². The Morgan fingerprint density at radius 2 is 2.12 bits per heavy atom. The molecule has 2 nitrogen and oxygen atoms in total. The van der Waals surface area contributed by atoms with Gasteiger partial charge < -0.3 is 5.32 Å². The Kier molecular flexibility index (Phi) is 6.60. The first kappa shape index (κ1) is 14.5. The van der Waals surface area contributed by atoms with Crippen LogP contribution >= 0.6 is 11.8 Å². The summed E-state index contributed by atoms with van der Waals surface area (Å²) < 4.78 is 0. The molecular formula is C14H24N2S. The molecule has 1 aromatic heterocycles. The molecule has 1 aromatic rings. The monoisotopic (exact) mass is 252 g/mol. The van der Waals surface area contributed by atoms with Crippen LogP contribution in [0.1, 0.15) is 37.9 Å². The number of aryl methyl sites for hydroxylation is 2. The SMILES string of the molecule is CCNC(C)CCCSc1cc(C)cc(C)n1. The lowest BCUT2D eigenvalue weighted by atomic mass is 10.2. The molecule has 0 saturated carbocycles. The molecule has 0 spiro atoms. The van der Waals surface area contributed by atoms with Crippen molar-refractivity contribution < 1.29 is 0 Å². The second kappa shape index (κ2) is 7.72. The van der Waals surface area contributed by atoms with Crippen LogP contribution in [0.4, 0.5) is 0 Å². The van der Waals surface area contributed by atoms with Gasteiger partial charge in [0.1, 0.15) is 0 Å². The van der Waals surface area contributed by atoms with E-state index in [1.54, 1.807) is 0 Å². The van der Waals surface area contributed by atoms with Crippen molar-refractivity contribution in [3.05, 3.63) is 23.4 Å². The lowest BCUT2D eigenvalue weighted by Gasteiger charge is -2.11. The Hall–Kier alpha value is -0.540. The summed E-state index contributed by atoms with van der Waals surface area (Å²) in [5.74, 6) is 1.16. The van der Waals surface area contributed by atoms with Gasteiger partial charge in [0.05, 0.1) is 5.03 Å². The van der Waals surface area contributed by atoms with Crippen molar-refractivity contribution in [1.82, 2.24) is 10.3 Å². The zero-order valence-corrected chi connectivity index (χ0v) is 12.2. The molecule has 0 aromatic carbocycles. The molecule has 1 rings (SSSR count). The minimum absolute atomic E-state index is 0.632. The van der Waals surface area contributed by atoms with Gasteiger partial charge in [-0.1, -0.05) is 6.92 Å². The molecule has 0 aliphatic rings. The minimum atomic E-state index is 0.632. The molecular weight excluding hydrogens is 228 g/mol. The molecule has 1 atom stereocenters. The maximum Gasteiger partial charge on any atom is 0.0965 e. The Morgan fingerprint density at radius 3 is 2.76 bits per heavy atom. The van der Waals surface area contributed by atoms with E-state index in [9.17, 15) is 0 Å². The van der Waals surface area contributed by atoms with Crippen molar-refractivity contribution in [2.45, 2.75) is 51.6 Å². The molecule has 0 amide bonds. The molecule has 1 unspecified atom stereocenters. The van der Waals surface area contributed by atoms with Crippen molar-refractivity contribution >= 4 is 11.8 Å². The fourth-order valence-electron chi connectivity index (χ4n) is 1.90. The minimum Gasteiger partial charge on any atom is -0.315 e. The predicted octanol–water partition coefficient (Wildman–Crippen LogP) is 3.57. The number of aromatic nitrogens is 1. The van der Waals surface area contributed by atoms with Crippen LogP contribution < -0.4 is 5.32 Å². The number of hydrogen-bond donors (Lipinski definition) is 1. The molecule has 0 aliphatic carbocycles. The summed E-state index contributed by atoms with van der Waals surface area (Å²) in [6.45, 7) is 9.66. The number of thioether (sulfide) groups is 1. The zero-order chi connectivity index (χ0) is 12.7. The summed E-state index contributed by atoms with van der Waals surface area (Å²) in [4.78, 5) is 4.53. The third kappa shape index (κ3) is 6.08. The maximum atomic E-state index is 4.53. The topological polar surface area (TPSA) is 24.9 Å². The second-order valence-electron chi connectivity index (χ2n) is 4.57. The summed E-state index contributed by atoms with van der Waals surface area (Å²) in [6.07, 6.45) is 2.49. The lowest BCUT2D eigenvalue weighted by Crippen LogP contribution is -2.25. The Balaban J connectivity index is 2.26. The van der Waals surface area contributed by atoms with Crippen LogP contribution in [0.5, 0.6) is 0 Å². The van der Waals surface area contributed by atoms with Crippen molar-refractivity contribution in [3.8, 4) is 0 Å². The van der Waals surface area contributed by atoms with Gasteiger partial charge in [-0.15, -0.1) is 11.8 Å². The Bertz CT molecular complexity index is 319. The van der Waals surface area contributed by atoms with Gasteiger partial charge in [0, 0.05) is 11.7 Å². The molecule has 0 saturated heterocycles. The molecule has 17 heavy (non-hydrogen) atoms. The molecule has 0 aliphatic heterocycles. The highest BCUT2D eigenvalue weighted by Crippen LogP contribution is 2.19. The average molecular weight is 252 g/mol. The molecule has 1 N–H and O–H groups in total. The van der Waals surface area contributed by atoms with E-state index >= 15 is 0 Å². The van der Waals surface area contributed by atoms with Crippen LogP contribution in [0.25, 0.3) is 0 Å². The van der Waals surface area contributed by atoms with Crippen LogP contribution in [-0.4, -0.2) is 23.3 Å². The van der Waals surface area contributed by atoms with Gasteiger partial charge in [-0.3, -0.25) is 0 Å². The van der Waals surface area contributed by atoms with Gasteiger partial charge in [-0.2, -0.15) is 0 Å². The van der Waals surface area contributed by atoms with E-state index in [-0.39, 0.29) is 0 Å². The number of nitrogens with one attached hydrogen (secondary N) is 1. The van der Waals surface area contributed by atoms with Crippen molar-refractivity contribution in [3.63, 3.8) is 0 Å². The molecule has 0 radical (unpaired) electrons. The molecule has 96 valence electrons. The third-order valence-electron chi connectivity index (χ3n) is 2.66. The van der Waals surface area contributed by atoms with E-state index in [0.29, 0.717) is 6.04 Å². The van der Waals surface area contributed by atoms with Gasteiger partial charge in [-0.25, -0.2) is 4.98 Å². The van der Waals surface area contributed by atoms with E-state index in [4.69, 9.17) is 0 Å². The molecule has 0 fully saturated rings. The average Bonchev–Trinajstić information content (AvgIpc) is 2.23. The fraction of sp³-hybridized carbons (Fsp3) is 0.643. The first-order valence-electron chi connectivity index (χ1n) is 6.43. The third-order valence-corrected chi connectivity index (χ3v) is 3.66. The molecule has 3 heteroatoms. The van der Waals surface area contributed by atoms with Gasteiger partial charge in [0.2, 0.25) is 0 Å². The normalized spacial score (nSPS) is 12.7. The largest absolute Gasteiger partial charge is 0.315 e. The number of nitrogens with zero attached hydrogens (tertiary/aromatic N) is 1. The Morgan fingerprint density at radius 1 is 1.35 bits per heavy atom. The fourth-order valence-corrected chi connectivity index (χ4v) is 2.89. The van der Waals surface area contributed by atoms with E-state index < -0.39 is 0 Å². The lowest BCUT2D eigenvalue weighted by molar-refractivity contribution is 0.526. The summed E-state index contributed by atoms with van der Waals surface area (Å²) in [5, 5.41) is 4.60. The van der Waals surface area contributed by atoms with Gasteiger partial charge in [0.25, 0.3) is 0 Å². The van der Waals surface area contributed by atoms with Crippen LogP contribution in [0.3, 0.4) is 0 Å². The number of hydrogen-bond acceptors (Lipinski definition) is 3. The number of pyridine rings is 1. The van der Waals surface area contributed by atoms with Crippen LogP contribution in [-0.2, 0) is 0 Å². The van der Waals surface area contributed by atoms with E-state index in [1.165, 1.54) is 23.4 Å². The number of rotatable bonds is 7. The standard InChI is InChI=1S/C14H24N2S/c1-5-15-12(3)7-6-8-17-14-10-11(2)9-13(4)16-14/h9-10,12,15H,5-8H2,1-4H3. The molecule has 0 bridgehead atoms. The summed E-state index contributed by atoms with van der Waals surface area (Å²) >= 11 is 1.87. The first-order chi connectivity index (χ1) is 8.11. The smallest absolute Gasteiger partial charge is 0.0965 e. The Labute approximate surface area is 110 Å². The van der Waals surface area contributed by atoms with Gasteiger partial charge in [0.15, 0.2) is 0 Å². The quantitative estimate of drug-likeness (QED) is 0.593. The second-order valence-corrected chi connectivity index (χ2v) is 5.69. The highest BCUT2D eigenvalue weighted by atomic mass is 32.2. The predicted molar refractivity (Wildman–Crippen MR) is 76.8 cm³/mol. The van der Waals surface area contributed by atoms with Gasteiger partial charge in [-0.05, 0) is 63.6 Å². The summed E-state index contributed by atoms with van der Waals surface area (Å²) in [6, 6.07) is 4.93. The summed E-state index contributed by atoms with van der Waals surface area (Å²) in [5.41, 5.74) is 2.43. The van der Waals surface area contributed by atoms with Gasteiger partial charge >= 0.3 is 0 Å². The highest BCUT2D eigenvalue weighted by molar-refractivity contribution is 7.99. The van der Waals surface area contributed by atoms with Crippen molar-refractivity contribution in [1.29, 1.82) is 0 Å². The van der Waals surface area contributed by atoms with Crippen molar-refractivity contribution in [2.24, 2.45) is 0 Å². The van der Waals surface area contributed by atoms with Crippen LogP contribution in [0.15, 0.2) is 17.2 Å². The summed E-state index contributed by atoms with van der Waals surface area (Å²) in [7, 11) is 0. The van der Waals surface area contributed by atoms with E-state index in [2.05, 4.69) is 50.1 Å². The van der Waals surface area contributed by atoms with Crippen LogP contribution in [0.2, 0.25) is 0 Å². The highest BCUT2D eigenvalue weighted by Gasteiger charge is 2.01. The first-order valence-corrected chi connectivity index (χ1v) is 7.42. The van der Waals surface area contributed by atoms with E-state index in [1.807, 2.05) is 11.8 Å². The zero-order valence-electron chi connectivity index (χ0n) is 11.4. The van der Waals surface area contributed by atoms with Crippen molar-refractivity contribution in [2.75, 3.05) is 12.3 Å². The maximum absolute atomic E-state index is 4.53. The molecule has 1 heterocycles.